The number of fused-ring (bicyclic) bond motifs is 3. The summed E-state index contributed by atoms with van der Waals surface area (Å²) in [7, 11) is 0. The van der Waals surface area contributed by atoms with Gasteiger partial charge in [-0.25, -0.2) is 9.78 Å². The summed E-state index contributed by atoms with van der Waals surface area (Å²) in [6.07, 6.45) is 5.30. The highest BCUT2D eigenvalue weighted by Crippen LogP contribution is 2.36. The van der Waals surface area contributed by atoms with Crippen molar-refractivity contribution in [1.29, 1.82) is 0 Å². The fraction of sp³-hybridized carbons (Fsp3) is 0.429. The van der Waals surface area contributed by atoms with E-state index in [0.29, 0.717) is 17.6 Å². The molecule has 0 spiro atoms. The number of nitrogens with one attached hydrogen (secondary N) is 1. The van der Waals surface area contributed by atoms with Gasteiger partial charge in [-0.3, -0.25) is 4.40 Å². The Labute approximate surface area is 115 Å². The van der Waals surface area contributed by atoms with Crippen LogP contribution in [0.2, 0.25) is 0 Å². The lowest BCUT2D eigenvalue weighted by Gasteiger charge is -2.20. The van der Waals surface area contributed by atoms with Crippen LogP contribution < -0.4 is 5.32 Å². The summed E-state index contributed by atoms with van der Waals surface area (Å²) >= 11 is 0. The number of carboxylic acid groups (broad SMARTS) is 1. The number of rotatable bonds is 3. The Kier molecular flexibility index (Phi) is 2.47. The van der Waals surface area contributed by atoms with Gasteiger partial charge in [0.1, 0.15) is 5.65 Å². The van der Waals surface area contributed by atoms with E-state index >= 15 is 0 Å². The minimum absolute atomic E-state index is 0.164. The maximum Gasteiger partial charge on any atom is 0.356 e. The molecule has 6 heteroatoms. The molecule has 0 amide bonds. The lowest BCUT2D eigenvalue weighted by molar-refractivity contribution is 0.0690. The molecular weight excluding hydrogens is 258 g/mol. The molecule has 3 unspecified atom stereocenters. The molecule has 6 nitrogen and oxygen atoms in total. The van der Waals surface area contributed by atoms with Crippen molar-refractivity contribution < 1.29 is 14.6 Å². The lowest BCUT2D eigenvalue weighted by Crippen LogP contribution is -2.31. The van der Waals surface area contributed by atoms with Crippen molar-refractivity contribution in [1.82, 2.24) is 9.38 Å². The number of imidazole rings is 1. The first-order valence-electron chi connectivity index (χ1n) is 6.85. The van der Waals surface area contributed by atoms with Gasteiger partial charge in [0.15, 0.2) is 11.5 Å². The first-order chi connectivity index (χ1) is 9.72. The van der Waals surface area contributed by atoms with E-state index < -0.39 is 5.97 Å². The molecule has 0 aromatic carbocycles. The quantitative estimate of drug-likeness (QED) is 0.891. The maximum atomic E-state index is 11.5. The first-order valence-corrected chi connectivity index (χ1v) is 6.85. The smallest absolute Gasteiger partial charge is 0.356 e. The van der Waals surface area contributed by atoms with Gasteiger partial charge in [0.25, 0.3) is 0 Å². The molecule has 0 aliphatic carbocycles. The number of nitrogens with zero attached hydrogens (tertiary/aromatic N) is 2. The topological polar surface area (TPSA) is 75.9 Å². The number of anilines is 1. The van der Waals surface area contributed by atoms with Gasteiger partial charge in [-0.15, -0.1) is 0 Å². The highest BCUT2D eigenvalue weighted by atomic mass is 16.5. The van der Waals surface area contributed by atoms with E-state index in [1.807, 2.05) is 6.07 Å². The Morgan fingerprint density at radius 2 is 2.35 bits per heavy atom. The van der Waals surface area contributed by atoms with Gasteiger partial charge < -0.3 is 15.2 Å². The third-order valence-corrected chi connectivity index (χ3v) is 4.16. The normalized spacial score (nSPS) is 28.1. The van der Waals surface area contributed by atoms with E-state index in [1.165, 1.54) is 0 Å². The van der Waals surface area contributed by atoms with Crippen LogP contribution in [0.15, 0.2) is 24.4 Å². The minimum Gasteiger partial charge on any atom is -0.476 e. The Bertz CT molecular complexity index is 681. The summed E-state index contributed by atoms with van der Waals surface area (Å²) in [5.41, 5.74) is 0.819. The predicted molar refractivity (Wildman–Crippen MR) is 72.1 cm³/mol. The number of ether oxygens (including phenoxy) is 1. The largest absolute Gasteiger partial charge is 0.476 e. The Balaban J connectivity index is 1.72. The fourth-order valence-corrected chi connectivity index (χ4v) is 3.27. The van der Waals surface area contributed by atoms with Crippen molar-refractivity contribution in [3.63, 3.8) is 0 Å². The Morgan fingerprint density at radius 3 is 3.05 bits per heavy atom. The number of carboxylic acids is 1. The molecule has 2 bridgehead atoms. The standard InChI is InChI=1S/C14H15N3O3/c18-14(19)12-13(16-11-3-1-2-6-17(11)12)15-9-7-8-4-5-10(9)20-8/h1-3,6,8-10,15H,4-5,7H2,(H,18,19). The highest BCUT2D eigenvalue weighted by molar-refractivity contribution is 5.93. The van der Waals surface area contributed by atoms with E-state index in [4.69, 9.17) is 4.74 Å². The van der Waals surface area contributed by atoms with Gasteiger partial charge in [-0.1, -0.05) is 6.07 Å². The monoisotopic (exact) mass is 273 g/mol. The zero-order valence-corrected chi connectivity index (χ0v) is 10.8. The van der Waals surface area contributed by atoms with Gasteiger partial charge in [-0.2, -0.15) is 0 Å². The second-order valence-electron chi connectivity index (χ2n) is 5.40. The number of pyridine rings is 1. The summed E-state index contributed by atoms with van der Waals surface area (Å²) in [6.45, 7) is 0. The number of aromatic nitrogens is 2. The summed E-state index contributed by atoms with van der Waals surface area (Å²) in [4.78, 5) is 15.9. The van der Waals surface area contributed by atoms with Gasteiger partial charge in [0, 0.05) is 6.20 Å². The third kappa shape index (κ3) is 1.68. The van der Waals surface area contributed by atoms with Crippen LogP contribution in [0.1, 0.15) is 29.8 Å². The molecule has 0 radical (unpaired) electrons. The SMILES string of the molecule is O=C(O)c1c(NC2CC3CCC2O3)nc2ccccn12. The van der Waals surface area contributed by atoms with Crippen molar-refractivity contribution in [2.45, 2.75) is 37.5 Å². The Morgan fingerprint density at radius 1 is 1.45 bits per heavy atom. The highest BCUT2D eigenvalue weighted by Gasteiger charge is 2.41. The van der Waals surface area contributed by atoms with Crippen LogP contribution in [0.5, 0.6) is 0 Å². The van der Waals surface area contributed by atoms with E-state index in [-0.39, 0.29) is 17.8 Å². The van der Waals surface area contributed by atoms with Crippen LogP contribution in [-0.2, 0) is 4.74 Å². The van der Waals surface area contributed by atoms with Crippen LogP contribution in [0, 0.1) is 0 Å². The molecule has 2 fully saturated rings. The van der Waals surface area contributed by atoms with Crippen molar-refractivity contribution in [3.05, 3.63) is 30.1 Å². The van der Waals surface area contributed by atoms with Gasteiger partial charge in [0.2, 0.25) is 0 Å². The predicted octanol–water partition coefficient (Wildman–Crippen LogP) is 1.76. The maximum absolute atomic E-state index is 11.5. The molecule has 2 N–H and O–H groups in total. The summed E-state index contributed by atoms with van der Waals surface area (Å²) < 4.78 is 7.38. The van der Waals surface area contributed by atoms with Crippen LogP contribution in [0.3, 0.4) is 0 Å². The number of aromatic carboxylic acids is 1. The average Bonchev–Trinajstić information content (AvgIpc) is 3.10. The molecule has 2 aromatic heterocycles. The second kappa shape index (κ2) is 4.21. The van der Waals surface area contributed by atoms with Crippen molar-refractivity contribution in [2.75, 3.05) is 5.32 Å². The van der Waals surface area contributed by atoms with Crippen molar-refractivity contribution >= 4 is 17.4 Å². The molecule has 2 saturated heterocycles. The fourth-order valence-electron chi connectivity index (χ4n) is 3.27. The van der Waals surface area contributed by atoms with E-state index in [0.717, 1.165) is 19.3 Å². The summed E-state index contributed by atoms with van der Waals surface area (Å²) in [6, 6.07) is 5.61. The molecule has 20 heavy (non-hydrogen) atoms. The Hall–Kier alpha value is -2.08. The number of hydrogen-bond acceptors (Lipinski definition) is 4. The molecule has 2 aromatic rings. The summed E-state index contributed by atoms with van der Waals surface area (Å²) in [5.74, 6) is -0.542. The van der Waals surface area contributed by atoms with Crippen molar-refractivity contribution in [3.8, 4) is 0 Å². The third-order valence-electron chi connectivity index (χ3n) is 4.16. The van der Waals surface area contributed by atoms with Crippen LogP contribution in [0.25, 0.3) is 5.65 Å². The minimum atomic E-state index is -0.977. The zero-order valence-electron chi connectivity index (χ0n) is 10.8. The lowest BCUT2D eigenvalue weighted by atomic mass is 9.95. The average molecular weight is 273 g/mol. The van der Waals surface area contributed by atoms with Gasteiger partial charge in [-0.05, 0) is 31.4 Å². The molecule has 2 aliphatic heterocycles. The van der Waals surface area contributed by atoms with Crippen LogP contribution in [-0.4, -0.2) is 38.7 Å². The molecule has 4 rings (SSSR count). The number of hydrogen-bond donors (Lipinski definition) is 2. The molecule has 2 aliphatic rings. The first kappa shape index (κ1) is 11.7. The second-order valence-corrected chi connectivity index (χ2v) is 5.40. The molecule has 0 saturated carbocycles. The number of carbonyl (C=O) groups is 1. The zero-order chi connectivity index (χ0) is 13.7. The van der Waals surface area contributed by atoms with Gasteiger partial charge >= 0.3 is 5.97 Å². The van der Waals surface area contributed by atoms with E-state index in [9.17, 15) is 9.90 Å². The molecule has 4 heterocycles. The summed E-state index contributed by atoms with van der Waals surface area (Å²) in [5, 5.41) is 12.7. The molecule has 3 atom stereocenters. The molecular formula is C14H15N3O3. The van der Waals surface area contributed by atoms with Crippen molar-refractivity contribution in [2.24, 2.45) is 0 Å². The van der Waals surface area contributed by atoms with E-state index in [2.05, 4.69) is 10.3 Å². The molecule has 104 valence electrons. The van der Waals surface area contributed by atoms with Gasteiger partial charge in [0.05, 0.1) is 18.2 Å². The van der Waals surface area contributed by atoms with Crippen LogP contribution in [0.4, 0.5) is 5.82 Å². The van der Waals surface area contributed by atoms with E-state index in [1.54, 1.807) is 22.7 Å². The van der Waals surface area contributed by atoms with Crippen LogP contribution >= 0.6 is 0 Å².